The van der Waals surface area contributed by atoms with Gasteiger partial charge in [0, 0.05) is 31.4 Å². The fourth-order valence-electron chi connectivity index (χ4n) is 4.31. The molecule has 1 aliphatic rings. The second-order valence-electron chi connectivity index (χ2n) is 8.03. The zero-order valence-electron chi connectivity index (χ0n) is 18.7. The molecular weight excluding hydrogens is 392 g/mol. The van der Waals surface area contributed by atoms with Gasteiger partial charge in [0.1, 0.15) is 11.5 Å². The third-order valence-corrected chi connectivity index (χ3v) is 6.08. The van der Waals surface area contributed by atoms with Crippen LogP contribution in [-0.4, -0.2) is 51.3 Å². The van der Waals surface area contributed by atoms with Crippen LogP contribution in [-0.2, 0) is 10.3 Å². The van der Waals surface area contributed by atoms with Crippen LogP contribution in [0.3, 0.4) is 0 Å². The first-order valence-electron chi connectivity index (χ1n) is 10.9. The molecule has 31 heavy (non-hydrogen) atoms. The Morgan fingerprint density at radius 1 is 1.16 bits per heavy atom. The van der Waals surface area contributed by atoms with Crippen molar-refractivity contribution in [2.75, 3.05) is 40.4 Å². The van der Waals surface area contributed by atoms with Crippen molar-refractivity contribution in [3.8, 4) is 11.5 Å². The molecule has 2 heterocycles. The lowest BCUT2D eigenvalue weighted by Gasteiger charge is -2.38. The first kappa shape index (κ1) is 23.0. The number of hydrogen-bond donors (Lipinski definition) is 3. The van der Waals surface area contributed by atoms with Crippen LogP contribution in [0.4, 0.5) is 0 Å². The molecule has 0 saturated carbocycles. The van der Waals surface area contributed by atoms with Gasteiger partial charge in [-0.3, -0.25) is 9.78 Å². The maximum atomic E-state index is 11.9. The molecule has 168 valence electrons. The molecule has 7 heteroatoms. The number of aromatic nitrogens is 1. The topological polar surface area (TPSA) is 84.5 Å². The predicted octanol–water partition coefficient (Wildman–Crippen LogP) is 2.46. The molecule has 1 aromatic heterocycles. The number of benzene rings is 1. The van der Waals surface area contributed by atoms with E-state index in [4.69, 9.17) is 9.47 Å². The number of nitrogens with one attached hydrogen (secondary N) is 3. The molecule has 3 rings (SSSR count). The largest absolute Gasteiger partial charge is 0.497 e. The van der Waals surface area contributed by atoms with Gasteiger partial charge in [0.25, 0.3) is 0 Å². The molecule has 0 spiro atoms. The molecule has 2 aromatic rings. The van der Waals surface area contributed by atoms with E-state index in [1.54, 1.807) is 26.6 Å². The van der Waals surface area contributed by atoms with Crippen LogP contribution in [0.15, 0.2) is 42.7 Å². The third kappa shape index (κ3) is 5.74. The summed E-state index contributed by atoms with van der Waals surface area (Å²) in [5, 5.41) is 10.3. The minimum atomic E-state index is -0.693. The number of carbonyl (C=O) groups is 1. The van der Waals surface area contributed by atoms with Crippen molar-refractivity contribution in [3.05, 3.63) is 53.9 Å². The fraction of sp³-hybridized carbons (Fsp3) is 0.500. The lowest BCUT2D eigenvalue weighted by atomic mass is 9.81. The normalized spacial score (nSPS) is 16.4. The highest BCUT2D eigenvalue weighted by atomic mass is 16.5. The lowest BCUT2D eigenvalue weighted by Crippen LogP contribution is -2.52. The standard InChI is InChI=1S/C24H34N4O3/c1-18(29)27-17-24(20-9-13-26-14-10-20,28-15-8-19-6-11-25-12-7-19)22-16-21(30-2)4-5-23(22)31-3/h4-5,9-10,13-14,16,19,25,28H,6-8,11-12,15,17H2,1-3H3,(H,27,29). The summed E-state index contributed by atoms with van der Waals surface area (Å²) in [4.78, 5) is 16.1. The van der Waals surface area contributed by atoms with Gasteiger partial charge in [-0.15, -0.1) is 0 Å². The first-order chi connectivity index (χ1) is 15.1. The third-order valence-electron chi connectivity index (χ3n) is 6.08. The van der Waals surface area contributed by atoms with E-state index in [-0.39, 0.29) is 5.91 Å². The molecule has 1 unspecified atom stereocenters. The quantitative estimate of drug-likeness (QED) is 0.541. The molecule has 1 aliphatic heterocycles. The van der Waals surface area contributed by atoms with Crippen molar-refractivity contribution >= 4 is 5.91 Å². The number of piperidine rings is 1. The number of methoxy groups -OCH3 is 2. The SMILES string of the molecule is COc1ccc(OC)c(C(CNC(C)=O)(NCCC2CCNCC2)c2ccncc2)c1. The molecule has 1 amide bonds. The van der Waals surface area contributed by atoms with Gasteiger partial charge in [-0.25, -0.2) is 0 Å². The van der Waals surface area contributed by atoms with E-state index >= 15 is 0 Å². The molecule has 1 aromatic carbocycles. The van der Waals surface area contributed by atoms with Crippen LogP contribution in [0.25, 0.3) is 0 Å². The molecular formula is C24H34N4O3. The summed E-state index contributed by atoms with van der Waals surface area (Å²) in [6.07, 6.45) is 7.01. The molecule has 0 aliphatic carbocycles. The van der Waals surface area contributed by atoms with Crippen LogP contribution in [0, 0.1) is 5.92 Å². The number of ether oxygens (including phenoxy) is 2. The van der Waals surface area contributed by atoms with Gasteiger partial charge in [-0.1, -0.05) is 0 Å². The number of carbonyl (C=O) groups excluding carboxylic acids is 1. The van der Waals surface area contributed by atoms with Gasteiger partial charge in [-0.05, 0) is 80.7 Å². The minimum Gasteiger partial charge on any atom is -0.497 e. The summed E-state index contributed by atoms with van der Waals surface area (Å²) in [5.74, 6) is 2.08. The second kappa shape index (κ2) is 11.1. The Labute approximate surface area is 184 Å². The van der Waals surface area contributed by atoms with Crippen LogP contribution in [0.2, 0.25) is 0 Å². The number of pyridine rings is 1. The summed E-state index contributed by atoms with van der Waals surface area (Å²) < 4.78 is 11.3. The van der Waals surface area contributed by atoms with E-state index < -0.39 is 5.54 Å². The average molecular weight is 427 g/mol. The van der Waals surface area contributed by atoms with Crippen molar-refractivity contribution in [1.29, 1.82) is 0 Å². The van der Waals surface area contributed by atoms with Crippen molar-refractivity contribution in [1.82, 2.24) is 20.9 Å². The Balaban J connectivity index is 2.02. The first-order valence-corrected chi connectivity index (χ1v) is 10.9. The average Bonchev–Trinajstić information content (AvgIpc) is 2.82. The van der Waals surface area contributed by atoms with Gasteiger partial charge >= 0.3 is 0 Å². The summed E-state index contributed by atoms with van der Waals surface area (Å²) in [5.41, 5.74) is 1.23. The number of nitrogens with zero attached hydrogens (tertiary/aromatic N) is 1. The summed E-state index contributed by atoms with van der Waals surface area (Å²) in [7, 11) is 3.31. The Bertz CT molecular complexity index is 840. The zero-order valence-corrected chi connectivity index (χ0v) is 18.7. The molecule has 1 saturated heterocycles. The monoisotopic (exact) mass is 426 g/mol. The second-order valence-corrected chi connectivity index (χ2v) is 8.03. The number of hydrogen-bond acceptors (Lipinski definition) is 6. The van der Waals surface area contributed by atoms with Gasteiger partial charge in [-0.2, -0.15) is 0 Å². The zero-order chi connectivity index (χ0) is 22.1. The van der Waals surface area contributed by atoms with E-state index in [1.807, 2.05) is 30.3 Å². The molecule has 1 atom stereocenters. The minimum absolute atomic E-state index is 0.0829. The van der Waals surface area contributed by atoms with Crippen molar-refractivity contribution < 1.29 is 14.3 Å². The van der Waals surface area contributed by atoms with Crippen LogP contribution < -0.4 is 25.4 Å². The summed E-state index contributed by atoms with van der Waals surface area (Å²) in [6, 6.07) is 9.74. The Kier molecular flexibility index (Phi) is 8.26. The summed E-state index contributed by atoms with van der Waals surface area (Å²) >= 11 is 0. The highest BCUT2D eigenvalue weighted by Crippen LogP contribution is 2.38. The van der Waals surface area contributed by atoms with Gasteiger partial charge in [0.05, 0.1) is 19.8 Å². The van der Waals surface area contributed by atoms with Crippen molar-refractivity contribution in [3.63, 3.8) is 0 Å². The highest BCUT2D eigenvalue weighted by Gasteiger charge is 2.37. The Hall–Kier alpha value is -2.64. The van der Waals surface area contributed by atoms with E-state index in [1.165, 1.54) is 19.8 Å². The number of amides is 1. The molecule has 7 nitrogen and oxygen atoms in total. The number of rotatable bonds is 10. The van der Waals surface area contributed by atoms with Crippen LogP contribution >= 0.6 is 0 Å². The predicted molar refractivity (Wildman–Crippen MR) is 121 cm³/mol. The molecule has 0 radical (unpaired) electrons. The smallest absolute Gasteiger partial charge is 0.216 e. The maximum absolute atomic E-state index is 11.9. The maximum Gasteiger partial charge on any atom is 0.216 e. The molecule has 3 N–H and O–H groups in total. The fourth-order valence-corrected chi connectivity index (χ4v) is 4.31. The summed E-state index contributed by atoms with van der Waals surface area (Å²) in [6.45, 7) is 4.88. The Morgan fingerprint density at radius 3 is 2.55 bits per heavy atom. The van der Waals surface area contributed by atoms with Crippen molar-refractivity contribution in [2.24, 2.45) is 5.92 Å². The van der Waals surface area contributed by atoms with Gasteiger partial charge in [0.2, 0.25) is 5.91 Å². The van der Waals surface area contributed by atoms with E-state index in [0.29, 0.717) is 12.5 Å². The van der Waals surface area contributed by atoms with Gasteiger partial charge < -0.3 is 25.4 Å². The van der Waals surface area contributed by atoms with Crippen LogP contribution in [0.5, 0.6) is 11.5 Å². The lowest BCUT2D eigenvalue weighted by molar-refractivity contribution is -0.119. The Morgan fingerprint density at radius 2 is 1.90 bits per heavy atom. The van der Waals surface area contributed by atoms with Crippen LogP contribution in [0.1, 0.15) is 37.3 Å². The van der Waals surface area contributed by atoms with E-state index in [2.05, 4.69) is 20.9 Å². The van der Waals surface area contributed by atoms with E-state index in [9.17, 15) is 4.79 Å². The molecule has 1 fully saturated rings. The highest BCUT2D eigenvalue weighted by molar-refractivity contribution is 5.73. The van der Waals surface area contributed by atoms with E-state index in [0.717, 1.165) is 48.7 Å². The van der Waals surface area contributed by atoms with Gasteiger partial charge in [0.15, 0.2) is 0 Å². The van der Waals surface area contributed by atoms with Crippen molar-refractivity contribution in [2.45, 2.75) is 31.7 Å². The molecule has 0 bridgehead atoms.